The van der Waals surface area contributed by atoms with E-state index >= 15 is 0 Å². The smallest absolute Gasteiger partial charge is 0.327 e. The van der Waals surface area contributed by atoms with E-state index in [0.717, 1.165) is 12.1 Å². The summed E-state index contributed by atoms with van der Waals surface area (Å²) in [4.78, 5) is 35.2. The summed E-state index contributed by atoms with van der Waals surface area (Å²) in [5.74, 6) is -0.397. The maximum Gasteiger partial charge on any atom is 0.327 e. The zero-order chi connectivity index (χ0) is 16.7. The second-order valence-electron chi connectivity index (χ2n) is 5.34. The van der Waals surface area contributed by atoms with Gasteiger partial charge in [0.15, 0.2) is 17.2 Å². The first-order valence-corrected chi connectivity index (χ1v) is 7.23. The molecule has 0 saturated heterocycles. The molecular weight excluding hydrogens is 298 g/mol. The van der Waals surface area contributed by atoms with Crippen molar-refractivity contribution in [3.8, 4) is 11.4 Å². The van der Waals surface area contributed by atoms with Crippen LogP contribution in [0.1, 0.15) is 29.5 Å². The highest BCUT2D eigenvalue weighted by Gasteiger charge is 2.20. The quantitative estimate of drug-likeness (QED) is 0.718. The Hall–Kier alpha value is -2.97. The largest absolute Gasteiger partial charge is 0.364 e. The molecule has 0 spiro atoms. The standard InChI is InChI=1S/C14H17N7O2/c1-4-5-21-13-10(17-14(21)23)9(11(15)22)16-12(18-13)8-6-20(3)19-7(8)2/h6H,4-5H2,1-3H3,(H2,15,22)(H,17,23). The predicted octanol–water partition coefficient (Wildman–Crippen LogP) is 0.337. The fraction of sp³-hybridized carbons (Fsp3) is 0.357. The van der Waals surface area contributed by atoms with Crippen molar-refractivity contribution in [3.63, 3.8) is 0 Å². The van der Waals surface area contributed by atoms with Gasteiger partial charge in [0.2, 0.25) is 0 Å². The van der Waals surface area contributed by atoms with Gasteiger partial charge in [-0.15, -0.1) is 0 Å². The summed E-state index contributed by atoms with van der Waals surface area (Å²) in [5.41, 5.74) is 7.14. The molecule has 0 aliphatic rings. The molecule has 3 N–H and O–H groups in total. The monoisotopic (exact) mass is 315 g/mol. The van der Waals surface area contributed by atoms with Gasteiger partial charge in [-0.1, -0.05) is 6.92 Å². The van der Waals surface area contributed by atoms with Gasteiger partial charge in [0.1, 0.15) is 5.52 Å². The van der Waals surface area contributed by atoms with Gasteiger partial charge in [0.25, 0.3) is 5.91 Å². The van der Waals surface area contributed by atoms with E-state index in [-0.39, 0.29) is 16.9 Å². The van der Waals surface area contributed by atoms with E-state index in [4.69, 9.17) is 5.73 Å². The molecule has 0 aromatic carbocycles. The van der Waals surface area contributed by atoms with Gasteiger partial charge in [0, 0.05) is 19.8 Å². The Morgan fingerprint density at radius 3 is 2.70 bits per heavy atom. The van der Waals surface area contributed by atoms with Gasteiger partial charge in [-0.25, -0.2) is 14.8 Å². The zero-order valence-corrected chi connectivity index (χ0v) is 13.1. The number of primary amides is 1. The Balaban J connectivity index is 2.36. The van der Waals surface area contributed by atoms with Crippen LogP contribution in [-0.2, 0) is 13.6 Å². The Morgan fingerprint density at radius 1 is 1.39 bits per heavy atom. The summed E-state index contributed by atoms with van der Waals surface area (Å²) in [7, 11) is 1.79. The average molecular weight is 315 g/mol. The van der Waals surface area contributed by atoms with Gasteiger partial charge in [-0.3, -0.25) is 14.0 Å². The number of hydrogen-bond acceptors (Lipinski definition) is 5. The molecule has 0 bridgehead atoms. The summed E-state index contributed by atoms with van der Waals surface area (Å²) in [6.07, 6.45) is 2.51. The third-order valence-electron chi connectivity index (χ3n) is 3.56. The van der Waals surface area contributed by atoms with Crippen LogP contribution in [-0.4, -0.2) is 35.2 Å². The lowest BCUT2D eigenvalue weighted by molar-refractivity contribution is 0.0997. The maximum atomic E-state index is 12.1. The highest BCUT2D eigenvalue weighted by molar-refractivity contribution is 6.01. The number of H-pyrrole nitrogens is 1. The van der Waals surface area contributed by atoms with Gasteiger partial charge < -0.3 is 10.7 Å². The maximum absolute atomic E-state index is 12.1. The van der Waals surface area contributed by atoms with Crippen LogP contribution in [0, 0.1) is 6.92 Å². The van der Waals surface area contributed by atoms with Crippen LogP contribution < -0.4 is 11.4 Å². The average Bonchev–Trinajstić information content (AvgIpc) is 2.98. The van der Waals surface area contributed by atoms with Crippen LogP contribution in [0.5, 0.6) is 0 Å². The molecule has 9 nitrogen and oxygen atoms in total. The number of fused-ring (bicyclic) bond motifs is 1. The summed E-state index contributed by atoms with van der Waals surface area (Å²) in [5, 5.41) is 4.25. The highest BCUT2D eigenvalue weighted by Crippen LogP contribution is 2.22. The van der Waals surface area contributed by atoms with Crippen molar-refractivity contribution >= 4 is 17.1 Å². The van der Waals surface area contributed by atoms with E-state index in [1.807, 2.05) is 13.8 Å². The van der Waals surface area contributed by atoms with E-state index in [9.17, 15) is 9.59 Å². The minimum atomic E-state index is -0.718. The minimum absolute atomic E-state index is 0.000191. The van der Waals surface area contributed by atoms with Crippen molar-refractivity contribution in [2.75, 3.05) is 0 Å². The van der Waals surface area contributed by atoms with Crippen LogP contribution in [0.4, 0.5) is 0 Å². The first kappa shape index (κ1) is 14.9. The third kappa shape index (κ3) is 2.39. The lowest BCUT2D eigenvalue weighted by Crippen LogP contribution is -2.16. The lowest BCUT2D eigenvalue weighted by atomic mass is 10.2. The van der Waals surface area contributed by atoms with Crippen LogP contribution in [0.15, 0.2) is 11.0 Å². The molecule has 9 heteroatoms. The first-order valence-electron chi connectivity index (χ1n) is 7.23. The van der Waals surface area contributed by atoms with Crippen LogP contribution in [0.3, 0.4) is 0 Å². The normalized spacial score (nSPS) is 11.3. The second-order valence-corrected chi connectivity index (χ2v) is 5.34. The topological polar surface area (TPSA) is 124 Å². The first-order chi connectivity index (χ1) is 10.9. The van der Waals surface area contributed by atoms with E-state index in [1.54, 1.807) is 17.9 Å². The van der Waals surface area contributed by atoms with Crippen LogP contribution in [0.2, 0.25) is 0 Å². The number of carbonyl (C=O) groups excluding carboxylic acids is 1. The molecular formula is C14H17N7O2. The minimum Gasteiger partial charge on any atom is -0.364 e. The molecule has 0 aliphatic heterocycles. The van der Waals surface area contributed by atoms with Gasteiger partial charge >= 0.3 is 5.69 Å². The number of imidazole rings is 1. The molecule has 0 unspecified atom stereocenters. The van der Waals surface area contributed by atoms with Gasteiger partial charge in [-0.05, 0) is 13.3 Å². The summed E-state index contributed by atoms with van der Waals surface area (Å²) in [6.45, 7) is 4.26. The van der Waals surface area contributed by atoms with E-state index in [1.165, 1.54) is 4.57 Å². The summed E-state index contributed by atoms with van der Waals surface area (Å²) < 4.78 is 3.12. The number of hydrogen-bond donors (Lipinski definition) is 2. The van der Waals surface area contributed by atoms with Crippen molar-refractivity contribution in [3.05, 3.63) is 28.1 Å². The lowest BCUT2D eigenvalue weighted by Gasteiger charge is -2.04. The predicted molar refractivity (Wildman–Crippen MR) is 83.9 cm³/mol. The fourth-order valence-corrected chi connectivity index (χ4v) is 2.58. The van der Waals surface area contributed by atoms with Crippen molar-refractivity contribution < 1.29 is 4.79 Å². The van der Waals surface area contributed by atoms with E-state index in [0.29, 0.717) is 23.6 Å². The number of aromatic amines is 1. The van der Waals surface area contributed by atoms with Crippen molar-refractivity contribution in [1.29, 1.82) is 0 Å². The molecule has 1 amide bonds. The molecule has 0 atom stereocenters. The van der Waals surface area contributed by atoms with Gasteiger partial charge in [-0.2, -0.15) is 5.10 Å². The van der Waals surface area contributed by atoms with Crippen molar-refractivity contribution in [2.45, 2.75) is 26.8 Å². The third-order valence-corrected chi connectivity index (χ3v) is 3.56. The molecule has 3 rings (SSSR count). The number of amides is 1. The van der Waals surface area contributed by atoms with Crippen molar-refractivity contribution in [2.24, 2.45) is 12.8 Å². The Kier molecular flexibility index (Phi) is 3.47. The number of nitrogens with zero attached hydrogens (tertiary/aromatic N) is 5. The Bertz CT molecular complexity index is 964. The number of carbonyl (C=O) groups is 1. The molecule has 120 valence electrons. The summed E-state index contributed by atoms with van der Waals surface area (Å²) >= 11 is 0. The SMILES string of the molecule is CCCn1c(=O)[nH]c2c(C(N)=O)nc(-c3cn(C)nc3C)nc21. The molecule has 0 saturated carbocycles. The summed E-state index contributed by atoms with van der Waals surface area (Å²) in [6, 6.07) is 0. The highest BCUT2D eigenvalue weighted by atomic mass is 16.2. The Morgan fingerprint density at radius 2 is 2.13 bits per heavy atom. The molecule has 0 fully saturated rings. The number of nitrogens with two attached hydrogens (primary N) is 1. The van der Waals surface area contributed by atoms with E-state index in [2.05, 4.69) is 20.1 Å². The van der Waals surface area contributed by atoms with Gasteiger partial charge in [0.05, 0.1) is 11.3 Å². The fourth-order valence-electron chi connectivity index (χ4n) is 2.58. The zero-order valence-electron chi connectivity index (χ0n) is 13.1. The number of aromatic nitrogens is 6. The van der Waals surface area contributed by atoms with E-state index < -0.39 is 5.91 Å². The molecule has 0 aliphatic carbocycles. The molecule has 3 aromatic heterocycles. The molecule has 3 heterocycles. The molecule has 0 radical (unpaired) electrons. The van der Waals surface area contributed by atoms with Crippen LogP contribution in [0.25, 0.3) is 22.6 Å². The number of rotatable bonds is 4. The van der Waals surface area contributed by atoms with Crippen LogP contribution >= 0.6 is 0 Å². The molecule has 23 heavy (non-hydrogen) atoms. The number of nitrogens with one attached hydrogen (secondary N) is 1. The van der Waals surface area contributed by atoms with Crippen molar-refractivity contribution in [1.82, 2.24) is 29.3 Å². The second kappa shape index (κ2) is 5.34. The number of aryl methyl sites for hydroxylation is 3. The molecule has 3 aromatic rings. The Labute approximate surface area is 131 Å².